The molecule has 7 heteroatoms. The van der Waals surface area contributed by atoms with Gasteiger partial charge in [0.15, 0.2) is 6.20 Å². The average Bonchev–Trinajstić information content (AvgIpc) is 3.93. The van der Waals surface area contributed by atoms with Gasteiger partial charge in [-0.2, -0.15) is 0 Å². The maximum absolute atomic E-state index is 2.68. The van der Waals surface area contributed by atoms with Gasteiger partial charge in [0.1, 0.15) is 5.92 Å². The predicted octanol–water partition coefficient (Wildman–Crippen LogP) is 4.83. The summed E-state index contributed by atoms with van der Waals surface area (Å²) in [5, 5.41) is 5.13. The molecule has 12 heterocycles. The van der Waals surface area contributed by atoms with E-state index in [-0.39, 0.29) is 12.2 Å². The fourth-order valence-electron chi connectivity index (χ4n) is 10.7. The molecule has 15 rings (SSSR count). The van der Waals surface area contributed by atoms with Gasteiger partial charge in [-0.05, 0) is 60.2 Å². The van der Waals surface area contributed by atoms with Crippen molar-refractivity contribution in [3.8, 4) is 22.5 Å². The fourth-order valence-corrected chi connectivity index (χ4v) is 10.7. The highest BCUT2D eigenvalue weighted by atomic mass is 15.6. The molecule has 0 radical (unpaired) electrons. The van der Waals surface area contributed by atoms with Crippen molar-refractivity contribution in [2.45, 2.75) is 18.1 Å². The van der Waals surface area contributed by atoms with E-state index in [4.69, 9.17) is 0 Å². The Balaban J connectivity index is 1.21. The first-order valence-corrected chi connectivity index (χ1v) is 16.2. The first-order valence-electron chi connectivity index (χ1n) is 16.2. The fraction of sp³-hybridized carbons (Fsp3) is 0.0769. The van der Waals surface area contributed by atoms with Crippen molar-refractivity contribution in [3.63, 3.8) is 0 Å². The average molecular weight is 588 g/mol. The van der Waals surface area contributed by atoms with Crippen LogP contribution in [0.3, 0.4) is 0 Å². The van der Waals surface area contributed by atoms with E-state index in [1.165, 1.54) is 94.1 Å². The highest BCUT2D eigenvalue weighted by molar-refractivity contribution is 6.06. The van der Waals surface area contributed by atoms with Gasteiger partial charge in [0.05, 0.1) is 49.4 Å². The number of benzene rings is 2. The molecule has 9 aromatic rings. The first kappa shape index (κ1) is 20.8. The molecule has 1 spiro atoms. The zero-order valence-corrected chi connectivity index (χ0v) is 24.3. The smallest absolute Gasteiger partial charge is 0.227 e. The number of hydrogen-bond acceptors (Lipinski definition) is 0. The largest absolute Gasteiger partial charge is 0.553 e. The zero-order chi connectivity index (χ0) is 28.9. The minimum atomic E-state index is -0.650. The van der Waals surface area contributed by atoms with E-state index < -0.39 is 5.91 Å². The minimum Gasteiger partial charge on any atom is -0.227 e. The van der Waals surface area contributed by atoms with Crippen LogP contribution >= 0.6 is 0 Å². The third-order valence-corrected chi connectivity index (χ3v) is 12.3. The molecule has 2 aromatic carbocycles. The molecular weight excluding hydrogens is 566 g/mol. The highest BCUT2D eigenvalue weighted by Crippen LogP contribution is 2.51. The van der Waals surface area contributed by atoms with E-state index in [1.54, 1.807) is 0 Å². The summed E-state index contributed by atoms with van der Waals surface area (Å²) in [6, 6.07) is 30.0. The van der Waals surface area contributed by atoms with Gasteiger partial charge in [0.2, 0.25) is 17.1 Å². The Kier molecular flexibility index (Phi) is 2.69. The van der Waals surface area contributed by atoms with Crippen molar-refractivity contribution in [2.24, 2.45) is 0 Å². The van der Waals surface area contributed by atoms with E-state index in [0.717, 1.165) is 0 Å². The molecule has 0 fully saturated rings. The SMILES string of the molecule is C1=CC2c3c1ccn3C13n4cc5c6c4c(cn6C4[n+]6cccc7ccc8ccc-5[n+]4c8c76)-c4ccc5ccc6ccc2[n+]1c6c5[n+]43. The number of pyridine rings is 4. The second-order valence-corrected chi connectivity index (χ2v) is 13.9. The summed E-state index contributed by atoms with van der Waals surface area (Å²) in [7, 11) is 0. The normalized spacial score (nSPS) is 21.9. The lowest BCUT2D eigenvalue weighted by Crippen LogP contribution is -2.81. The van der Waals surface area contributed by atoms with Gasteiger partial charge in [-0.15, -0.1) is 9.13 Å². The van der Waals surface area contributed by atoms with Gasteiger partial charge in [0.25, 0.3) is 22.1 Å². The first-order chi connectivity index (χ1) is 22.8. The van der Waals surface area contributed by atoms with E-state index in [9.17, 15) is 0 Å². The van der Waals surface area contributed by atoms with Crippen LogP contribution in [0, 0.1) is 0 Å². The van der Waals surface area contributed by atoms with Crippen molar-refractivity contribution >= 4 is 60.7 Å². The maximum atomic E-state index is 2.68. The van der Waals surface area contributed by atoms with Crippen LogP contribution in [-0.2, 0) is 5.91 Å². The minimum absolute atomic E-state index is 0.00302. The zero-order valence-electron chi connectivity index (χ0n) is 24.3. The monoisotopic (exact) mass is 587 g/mol. The van der Waals surface area contributed by atoms with Gasteiger partial charge in [-0.25, -0.2) is 13.7 Å². The molecule has 6 aliphatic rings. The van der Waals surface area contributed by atoms with Crippen LogP contribution in [0.4, 0.5) is 0 Å². The van der Waals surface area contributed by atoms with Crippen molar-refractivity contribution in [1.82, 2.24) is 13.7 Å². The predicted molar refractivity (Wildman–Crippen MR) is 171 cm³/mol. The molecule has 3 atom stereocenters. The summed E-state index contributed by atoms with van der Waals surface area (Å²) < 4.78 is 18.2. The summed E-state index contributed by atoms with van der Waals surface area (Å²) >= 11 is 0. The molecule has 3 unspecified atom stereocenters. The molecule has 7 nitrogen and oxygen atoms in total. The lowest BCUT2D eigenvalue weighted by atomic mass is 9.98. The molecule has 0 N–H and O–H groups in total. The van der Waals surface area contributed by atoms with Crippen LogP contribution in [0.25, 0.3) is 83.2 Å². The van der Waals surface area contributed by atoms with Crippen molar-refractivity contribution in [2.75, 3.05) is 0 Å². The second kappa shape index (κ2) is 5.96. The number of hydrogen-bond donors (Lipinski definition) is 0. The number of allylic oxidation sites excluding steroid dienone is 1. The number of nitrogens with zero attached hydrogens (tertiary/aromatic N) is 7. The van der Waals surface area contributed by atoms with Crippen LogP contribution in [0.15, 0.2) is 110 Å². The summed E-state index contributed by atoms with van der Waals surface area (Å²) in [5.74, 6) is -0.419. The number of aromatic nitrogens is 7. The van der Waals surface area contributed by atoms with Gasteiger partial charge in [-0.1, -0.05) is 21.3 Å². The Hall–Kier alpha value is -6.08. The molecule has 7 aromatic heterocycles. The summed E-state index contributed by atoms with van der Waals surface area (Å²) in [6.45, 7) is 0. The number of fused-ring (bicyclic) bond motifs is 5. The van der Waals surface area contributed by atoms with E-state index >= 15 is 0 Å². The maximum Gasteiger partial charge on any atom is 0.553 e. The van der Waals surface area contributed by atoms with Crippen molar-refractivity contribution in [1.29, 1.82) is 0 Å². The van der Waals surface area contributed by atoms with Crippen molar-refractivity contribution in [3.05, 3.63) is 127 Å². The number of rotatable bonds is 0. The Bertz CT molecular complexity index is 3170. The molecule has 208 valence electrons. The lowest BCUT2D eigenvalue weighted by molar-refractivity contribution is -0.973. The van der Waals surface area contributed by atoms with E-state index in [1.807, 2.05) is 0 Å². The summed E-state index contributed by atoms with van der Waals surface area (Å²) in [5.41, 5.74) is 17.1. The highest BCUT2D eigenvalue weighted by Gasteiger charge is 2.71. The van der Waals surface area contributed by atoms with Crippen molar-refractivity contribution < 1.29 is 18.3 Å². The molecule has 0 saturated heterocycles. The summed E-state index contributed by atoms with van der Waals surface area (Å²) in [4.78, 5) is 0. The molecule has 0 amide bonds. The standard InChI is InChI=1S/C39H21N7/c1-2-20-3-4-21-8-12-28-27-19-43-37-26(18-41(36(27)37)38-40(16-1)32(20)33(21)44(28)38)30-14-10-23-6-5-22-9-13-29-25-11-7-24-15-17-42(31(24)25)39(43)45(29)34(22)35(23)46(30)39/h1-19,25,38H/q+4. The topological polar surface area (TPSA) is 30.3 Å². The van der Waals surface area contributed by atoms with E-state index in [0.29, 0.717) is 0 Å². The Morgan fingerprint density at radius 2 is 1.37 bits per heavy atom. The van der Waals surface area contributed by atoms with Crippen LogP contribution in [0.1, 0.15) is 29.2 Å². The van der Waals surface area contributed by atoms with Gasteiger partial charge >= 0.3 is 12.2 Å². The van der Waals surface area contributed by atoms with Gasteiger partial charge in [0, 0.05) is 42.9 Å². The Morgan fingerprint density at radius 3 is 2.26 bits per heavy atom. The lowest BCUT2D eigenvalue weighted by Gasteiger charge is -2.33. The van der Waals surface area contributed by atoms with E-state index in [2.05, 4.69) is 148 Å². The summed E-state index contributed by atoms with van der Waals surface area (Å²) in [6.07, 6.45) is 14.3. The molecule has 1 aliphatic carbocycles. The Labute approximate surface area is 259 Å². The quantitative estimate of drug-likeness (QED) is 0.180. The van der Waals surface area contributed by atoms with Gasteiger partial charge < -0.3 is 0 Å². The second-order valence-electron chi connectivity index (χ2n) is 13.9. The van der Waals surface area contributed by atoms with Crippen LogP contribution in [-0.4, -0.2) is 13.7 Å². The third-order valence-electron chi connectivity index (χ3n) is 12.3. The van der Waals surface area contributed by atoms with Gasteiger partial charge in [-0.3, -0.25) is 0 Å². The molecule has 0 bridgehead atoms. The Morgan fingerprint density at radius 1 is 0.630 bits per heavy atom. The molecule has 46 heavy (non-hydrogen) atoms. The third kappa shape index (κ3) is 1.69. The molecular formula is C39H21N7+4. The van der Waals surface area contributed by atoms with Crippen LogP contribution < -0.4 is 18.3 Å². The van der Waals surface area contributed by atoms with Crippen LogP contribution in [0.2, 0.25) is 0 Å². The van der Waals surface area contributed by atoms with Crippen LogP contribution in [0.5, 0.6) is 0 Å². The molecule has 5 aliphatic heterocycles. The molecule has 0 saturated carbocycles.